The van der Waals surface area contributed by atoms with Gasteiger partial charge in [-0.05, 0) is 6.07 Å². The highest BCUT2D eigenvalue weighted by Crippen LogP contribution is 2.29. The third-order valence-electron chi connectivity index (χ3n) is 3.13. The first-order chi connectivity index (χ1) is 9.70. The Bertz CT molecular complexity index is 863. The van der Waals surface area contributed by atoms with Crippen molar-refractivity contribution in [3.05, 3.63) is 36.0 Å². The van der Waals surface area contributed by atoms with E-state index < -0.39 is 0 Å². The van der Waals surface area contributed by atoms with E-state index in [0.29, 0.717) is 11.4 Å². The summed E-state index contributed by atoms with van der Waals surface area (Å²) in [6.07, 6.45) is 3.55. The zero-order valence-electron chi connectivity index (χ0n) is 11.3. The minimum atomic E-state index is 0.525. The van der Waals surface area contributed by atoms with E-state index in [-0.39, 0.29) is 0 Å². The van der Waals surface area contributed by atoms with Gasteiger partial charge >= 0.3 is 0 Å². The summed E-state index contributed by atoms with van der Waals surface area (Å²) in [6, 6.07) is 10.2. The van der Waals surface area contributed by atoms with Crippen molar-refractivity contribution in [1.29, 1.82) is 5.26 Å². The number of pyridine rings is 1. The molecule has 5 nitrogen and oxygen atoms in total. The number of hydrogen-bond donors (Lipinski definition) is 2. The lowest BCUT2D eigenvalue weighted by molar-refractivity contribution is -0.459. The van der Waals surface area contributed by atoms with Crippen LogP contribution in [0.1, 0.15) is 5.56 Å². The molecule has 0 fully saturated rings. The van der Waals surface area contributed by atoms with Gasteiger partial charge in [0.05, 0.1) is 19.6 Å². The molecule has 2 heterocycles. The maximum Gasteiger partial charge on any atom is 0.238 e. The molecule has 0 bridgehead atoms. The molecular formula is C15H14N5+. The Hall–Kier alpha value is -2.87. The molecule has 0 spiro atoms. The van der Waals surface area contributed by atoms with E-state index in [1.54, 1.807) is 12.5 Å². The highest BCUT2D eigenvalue weighted by Gasteiger charge is 2.15. The zero-order chi connectivity index (χ0) is 14.1. The van der Waals surface area contributed by atoms with Crippen LogP contribution in [0, 0.1) is 11.3 Å². The number of para-hydroxylation sites is 1. The summed E-state index contributed by atoms with van der Waals surface area (Å²) in [5.41, 5.74) is 2.35. The number of fused-ring (bicyclic) bond motifs is 3. The Morgan fingerprint density at radius 3 is 2.85 bits per heavy atom. The molecule has 0 aliphatic heterocycles. The van der Waals surface area contributed by atoms with Gasteiger partial charge in [-0.25, -0.2) is 10.3 Å². The number of nitrogens with zero attached hydrogens (tertiary/aromatic N) is 3. The highest BCUT2D eigenvalue weighted by molar-refractivity contribution is 6.09. The van der Waals surface area contributed by atoms with Crippen molar-refractivity contribution in [2.75, 3.05) is 19.4 Å². The summed E-state index contributed by atoms with van der Waals surface area (Å²) < 4.78 is 1.86. The maximum absolute atomic E-state index is 9.43. The summed E-state index contributed by atoms with van der Waals surface area (Å²) in [7, 11) is 3.81. The van der Waals surface area contributed by atoms with Gasteiger partial charge < -0.3 is 4.98 Å². The fourth-order valence-electron chi connectivity index (χ4n) is 2.22. The molecule has 3 aromatic rings. The molecule has 0 aliphatic rings. The second kappa shape index (κ2) is 4.67. The third-order valence-corrected chi connectivity index (χ3v) is 3.13. The summed E-state index contributed by atoms with van der Waals surface area (Å²) in [4.78, 5) is 7.66. The van der Waals surface area contributed by atoms with Gasteiger partial charge in [-0.15, -0.1) is 0 Å². The molecule has 2 N–H and O–H groups in total. The normalized spacial score (nSPS) is 10.4. The summed E-state index contributed by atoms with van der Waals surface area (Å²) in [6.45, 7) is 0. The Balaban J connectivity index is 2.28. The van der Waals surface area contributed by atoms with Gasteiger partial charge in [-0.1, -0.05) is 18.2 Å². The lowest BCUT2D eigenvalue weighted by Crippen LogP contribution is -2.09. The first-order valence-electron chi connectivity index (χ1n) is 6.26. The smallest absolute Gasteiger partial charge is 0.238 e. The average Bonchev–Trinajstić information content (AvgIpc) is 2.82. The zero-order valence-corrected chi connectivity index (χ0v) is 11.3. The number of H-pyrrole nitrogens is 1. The Morgan fingerprint density at radius 1 is 1.30 bits per heavy atom. The van der Waals surface area contributed by atoms with Crippen molar-refractivity contribution in [2.24, 2.45) is 0 Å². The van der Waals surface area contributed by atoms with Gasteiger partial charge in [0.1, 0.15) is 11.6 Å². The number of aromatic amines is 1. The topological polar surface area (TPSA) is 67.5 Å². The molecular weight excluding hydrogens is 250 g/mol. The molecule has 0 saturated heterocycles. The lowest BCUT2D eigenvalue weighted by Gasteiger charge is -1.99. The number of hydrogen-bond acceptors (Lipinski definition) is 2. The number of aromatic nitrogens is 2. The van der Waals surface area contributed by atoms with E-state index in [2.05, 4.69) is 21.4 Å². The van der Waals surface area contributed by atoms with Crippen LogP contribution in [0.15, 0.2) is 30.5 Å². The van der Waals surface area contributed by atoms with Crippen molar-refractivity contribution in [3.8, 4) is 6.07 Å². The monoisotopic (exact) mass is 264 g/mol. The van der Waals surface area contributed by atoms with E-state index in [0.717, 1.165) is 21.8 Å². The fraction of sp³-hybridized carbons (Fsp3) is 0.133. The minimum Gasteiger partial charge on any atom is -0.353 e. The first-order valence-corrected chi connectivity index (χ1v) is 6.26. The van der Waals surface area contributed by atoms with Crippen molar-refractivity contribution in [1.82, 2.24) is 9.97 Å². The third kappa shape index (κ3) is 1.88. The first kappa shape index (κ1) is 12.2. The highest BCUT2D eigenvalue weighted by atomic mass is 15.1. The van der Waals surface area contributed by atoms with Crippen LogP contribution in [0.2, 0.25) is 0 Å². The Morgan fingerprint density at radius 2 is 2.10 bits per heavy atom. The van der Waals surface area contributed by atoms with Crippen LogP contribution < -0.4 is 5.32 Å². The minimum absolute atomic E-state index is 0.525. The van der Waals surface area contributed by atoms with Crippen molar-refractivity contribution < 1.29 is 4.58 Å². The van der Waals surface area contributed by atoms with Gasteiger partial charge in [-0.3, -0.25) is 4.58 Å². The summed E-state index contributed by atoms with van der Waals surface area (Å²) in [5, 5.41) is 14.5. The SMILES string of the molecule is C[N+](C)=CNc1ncc2c([nH]c3ccccc32)c1C#N. The molecule has 98 valence electrons. The molecule has 0 atom stereocenters. The van der Waals surface area contributed by atoms with E-state index >= 15 is 0 Å². The number of nitriles is 1. The Labute approximate surface area is 116 Å². The molecule has 20 heavy (non-hydrogen) atoms. The molecule has 5 heteroatoms. The molecule has 0 amide bonds. The quantitative estimate of drug-likeness (QED) is 0.424. The van der Waals surface area contributed by atoms with E-state index in [1.165, 1.54) is 0 Å². The van der Waals surface area contributed by atoms with Gasteiger partial charge in [0.15, 0.2) is 0 Å². The number of nitrogens with one attached hydrogen (secondary N) is 2. The molecule has 1 aromatic carbocycles. The van der Waals surface area contributed by atoms with Crippen molar-refractivity contribution in [3.63, 3.8) is 0 Å². The number of benzene rings is 1. The van der Waals surface area contributed by atoms with Gasteiger partial charge in [0.25, 0.3) is 0 Å². The van der Waals surface area contributed by atoms with Crippen LogP contribution in [0.25, 0.3) is 21.8 Å². The van der Waals surface area contributed by atoms with Gasteiger partial charge in [0, 0.05) is 22.5 Å². The van der Waals surface area contributed by atoms with Crippen LogP contribution in [-0.4, -0.2) is 35.0 Å². The molecule has 0 saturated carbocycles. The fourth-order valence-corrected chi connectivity index (χ4v) is 2.22. The molecule has 3 rings (SSSR count). The predicted molar refractivity (Wildman–Crippen MR) is 80.1 cm³/mol. The van der Waals surface area contributed by atoms with Crippen LogP contribution in [0.3, 0.4) is 0 Å². The van der Waals surface area contributed by atoms with E-state index in [9.17, 15) is 5.26 Å². The average molecular weight is 264 g/mol. The summed E-state index contributed by atoms with van der Waals surface area (Å²) in [5.74, 6) is 0.556. The Kier molecular flexibility index (Phi) is 2.84. The van der Waals surface area contributed by atoms with Gasteiger partial charge in [0.2, 0.25) is 12.2 Å². The van der Waals surface area contributed by atoms with E-state index in [4.69, 9.17) is 0 Å². The second-order valence-electron chi connectivity index (χ2n) is 4.79. The summed E-state index contributed by atoms with van der Waals surface area (Å²) >= 11 is 0. The standard InChI is InChI=1S/C15H13N5/c1-20(2)9-18-15-11(7-16)14-12(8-17-15)10-5-3-4-6-13(10)19-14/h3-6,8-9H,1-2H3,(H,17,19)/p+1. The molecule has 0 unspecified atom stereocenters. The van der Waals surface area contributed by atoms with Crippen molar-refractivity contribution in [2.45, 2.75) is 0 Å². The van der Waals surface area contributed by atoms with Crippen LogP contribution in [0.4, 0.5) is 5.82 Å². The predicted octanol–water partition coefficient (Wildman–Crippen LogP) is 2.30. The van der Waals surface area contributed by atoms with Crippen molar-refractivity contribution >= 4 is 34.0 Å². The van der Waals surface area contributed by atoms with Crippen LogP contribution in [0.5, 0.6) is 0 Å². The lowest BCUT2D eigenvalue weighted by atomic mass is 10.1. The van der Waals surface area contributed by atoms with Crippen LogP contribution >= 0.6 is 0 Å². The number of anilines is 1. The van der Waals surface area contributed by atoms with Gasteiger partial charge in [-0.2, -0.15) is 5.26 Å². The second-order valence-corrected chi connectivity index (χ2v) is 4.79. The molecule has 2 aromatic heterocycles. The molecule has 0 radical (unpaired) electrons. The molecule has 0 aliphatic carbocycles. The maximum atomic E-state index is 9.43. The van der Waals surface area contributed by atoms with E-state index in [1.807, 2.05) is 42.9 Å². The van der Waals surface area contributed by atoms with Crippen LogP contribution in [-0.2, 0) is 0 Å². The largest absolute Gasteiger partial charge is 0.353 e. The number of rotatable bonds is 2.